The number of carbonyl (C=O) groups excluding carboxylic acids is 2. The second-order valence-electron chi connectivity index (χ2n) is 13.9. The quantitative estimate of drug-likeness (QED) is 0.0710. The zero-order valence-electron chi connectivity index (χ0n) is 32.7. The Balaban J connectivity index is 1.38. The van der Waals surface area contributed by atoms with E-state index in [-0.39, 0.29) is 31.4 Å². The molecule has 4 aromatic rings. The number of allylic oxidation sites excluding steroid dienone is 6. The van der Waals surface area contributed by atoms with Crippen molar-refractivity contribution in [2.45, 2.75) is 59.1 Å². The Kier molecular flexibility index (Phi) is 12.6. The molecular formula is C47H48N4O4S. The maximum absolute atomic E-state index is 13.0. The molecule has 0 aliphatic carbocycles. The van der Waals surface area contributed by atoms with E-state index in [0.717, 1.165) is 89.3 Å². The molecule has 0 radical (unpaired) electrons. The van der Waals surface area contributed by atoms with Crippen molar-refractivity contribution in [3.8, 4) is 0 Å². The highest BCUT2D eigenvalue weighted by Crippen LogP contribution is 2.38. The Labute approximate surface area is 333 Å². The van der Waals surface area contributed by atoms with Gasteiger partial charge in [0.2, 0.25) is 0 Å². The monoisotopic (exact) mass is 764 g/mol. The van der Waals surface area contributed by atoms with Crippen LogP contribution in [0.1, 0.15) is 95.7 Å². The zero-order valence-corrected chi connectivity index (χ0v) is 33.6. The lowest BCUT2D eigenvalue weighted by Crippen LogP contribution is -2.04. The van der Waals surface area contributed by atoms with Gasteiger partial charge in [0.05, 0.1) is 29.9 Å². The van der Waals surface area contributed by atoms with Crippen LogP contribution in [0.3, 0.4) is 0 Å². The molecule has 8 bridgehead atoms. The number of ether oxygens (including phenoxy) is 2. The molecule has 8 nitrogen and oxygen atoms in total. The van der Waals surface area contributed by atoms with Crippen LogP contribution in [0.15, 0.2) is 79.9 Å². The topological polar surface area (TPSA) is 110 Å². The van der Waals surface area contributed by atoms with Crippen molar-refractivity contribution in [1.29, 1.82) is 0 Å². The third-order valence-corrected chi connectivity index (χ3v) is 10.8. The van der Waals surface area contributed by atoms with Crippen LogP contribution in [0.25, 0.3) is 62.6 Å². The Hall–Kier alpha value is -5.93. The van der Waals surface area contributed by atoms with Gasteiger partial charge in [-0.05, 0) is 115 Å². The summed E-state index contributed by atoms with van der Waals surface area (Å²) < 4.78 is 10.6. The summed E-state index contributed by atoms with van der Waals surface area (Å²) in [7, 11) is 1.40. The minimum Gasteiger partial charge on any atom is -0.469 e. The van der Waals surface area contributed by atoms with Crippen molar-refractivity contribution in [1.82, 2.24) is 19.9 Å². The molecule has 0 amide bonds. The Morgan fingerprint density at radius 1 is 0.714 bits per heavy atom. The standard InChI is InChI=1S/C47H48N4O4S/c1-8-34-28(3)38-23-39-30(5)37(19-21-47(53)55-22-12-10-11-13-32-14-16-33(27-56)17-15-32)45(50-39)26-44-36(18-20-46(52)54-7)31(6)41(51-44)25-43-35(9-2)29(4)40(49-43)24-42(34)48-38/h8-17,23-26,48-49,56H,1-2,18-22,27H2,3-7H3/b12-10+,13-11+,38-23?,39-23?,40-24?,41-25?,42-24?,43-25?,44-26?,45-26?. The number of nitrogens with zero attached hydrogens (tertiary/aromatic N) is 2. The Bertz CT molecular complexity index is 2510. The largest absolute Gasteiger partial charge is 0.469 e. The fraction of sp³-hybridized carbons (Fsp3) is 0.234. The molecule has 0 unspecified atom stereocenters. The van der Waals surface area contributed by atoms with Gasteiger partial charge >= 0.3 is 11.9 Å². The molecule has 0 fully saturated rings. The number of benzene rings is 1. The van der Waals surface area contributed by atoms with E-state index in [0.29, 0.717) is 24.3 Å². The molecule has 3 aromatic heterocycles. The molecule has 1 aromatic carbocycles. The van der Waals surface area contributed by atoms with E-state index >= 15 is 0 Å². The predicted molar refractivity (Wildman–Crippen MR) is 234 cm³/mol. The number of thiol groups is 1. The summed E-state index contributed by atoms with van der Waals surface area (Å²) in [5.74, 6) is 0.109. The lowest BCUT2D eigenvalue weighted by Gasteiger charge is -2.07. The van der Waals surface area contributed by atoms with E-state index < -0.39 is 0 Å². The molecule has 6 rings (SSSR count). The van der Waals surface area contributed by atoms with Crippen LogP contribution >= 0.6 is 12.6 Å². The first-order valence-electron chi connectivity index (χ1n) is 18.7. The molecule has 2 aliphatic rings. The molecule has 5 heterocycles. The number of hydrogen-bond donors (Lipinski definition) is 3. The van der Waals surface area contributed by atoms with E-state index in [1.807, 2.05) is 74.6 Å². The summed E-state index contributed by atoms with van der Waals surface area (Å²) in [4.78, 5) is 42.8. The summed E-state index contributed by atoms with van der Waals surface area (Å²) in [6.45, 7) is 16.6. The van der Waals surface area contributed by atoms with Crippen molar-refractivity contribution in [3.63, 3.8) is 0 Å². The number of hydrogen-bond acceptors (Lipinski definition) is 7. The van der Waals surface area contributed by atoms with Gasteiger partial charge in [-0.2, -0.15) is 12.6 Å². The second kappa shape index (κ2) is 17.7. The molecule has 9 heteroatoms. The number of aromatic amines is 2. The molecule has 0 atom stereocenters. The number of aromatic nitrogens is 4. The lowest BCUT2D eigenvalue weighted by molar-refractivity contribution is -0.142. The number of rotatable bonds is 13. The number of H-pyrrole nitrogens is 2. The minimum absolute atomic E-state index is 0.171. The maximum Gasteiger partial charge on any atom is 0.306 e. The van der Waals surface area contributed by atoms with E-state index in [4.69, 9.17) is 19.4 Å². The summed E-state index contributed by atoms with van der Waals surface area (Å²) in [6, 6.07) is 16.4. The number of carbonyl (C=O) groups is 2. The van der Waals surface area contributed by atoms with Gasteiger partial charge in [-0.25, -0.2) is 9.97 Å². The van der Waals surface area contributed by atoms with Gasteiger partial charge in [0.15, 0.2) is 0 Å². The van der Waals surface area contributed by atoms with Crippen LogP contribution in [0.2, 0.25) is 0 Å². The minimum atomic E-state index is -0.302. The Morgan fingerprint density at radius 3 is 1.80 bits per heavy atom. The molecule has 286 valence electrons. The van der Waals surface area contributed by atoms with Gasteiger partial charge in [0, 0.05) is 51.8 Å². The molecule has 0 saturated carbocycles. The highest BCUT2D eigenvalue weighted by atomic mass is 32.1. The molecular weight excluding hydrogens is 717 g/mol. The van der Waals surface area contributed by atoms with Crippen molar-refractivity contribution < 1.29 is 19.1 Å². The molecule has 2 N–H and O–H groups in total. The zero-order chi connectivity index (χ0) is 39.9. The van der Waals surface area contributed by atoms with Gasteiger partial charge in [-0.15, -0.1) is 0 Å². The van der Waals surface area contributed by atoms with Gasteiger partial charge in [0.25, 0.3) is 0 Å². The van der Waals surface area contributed by atoms with Gasteiger partial charge < -0.3 is 19.4 Å². The van der Waals surface area contributed by atoms with Gasteiger partial charge in [-0.3, -0.25) is 9.59 Å². The summed E-state index contributed by atoms with van der Waals surface area (Å²) >= 11 is 4.31. The number of fused-ring (bicyclic) bond motifs is 8. The first kappa shape index (κ1) is 39.8. The first-order chi connectivity index (χ1) is 27.0. The number of methoxy groups -OCH3 is 1. The van der Waals surface area contributed by atoms with Crippen molar-refractivity contribution in [2.75, 3.05) is 13.7 Å². The average Bonchev–Trinajstić information content (AvgIpc) is 3.86. The van der Waals surface area contributed by atoms with E-state index in [9.17, 15) is 9.59 Å². The van der Waals surface area contributed by atoms with Crippen LogP contribution in [-0.2, 0) is 24.8 Å². The predicted octanol–water partition coefficient (Wildman–Crippen LogP) is 11.1. The molecule has 0 spiro atoms. The van der Waals surface area contributed by atoms with E-state index in [2.05, 4.69) is 73.9 Å². The normalized spacial score (nSPS) is 12.9. The van der Waals surface area contributed by atoms with Crippen LogP contribution in [0.4, 0.5) is 0 Å². The Morgan fingerprint density at radius 2 is 1.25 bits per heavy atom. The third kappa shape index (κ3) is 8.63. The smallest absolute Gasteiger partial charge is 0.306 e. The number of aryl methyl sites for hydroxylation is 2. The first-order valence-corrected chi connectivity index (χ1v) is 19.3. The maximum atomic E-state index is 13.0. The van der Waals surface area contributed by atoms with Gasteiger partial charge in [0.1, 0.15) is 6.61 Å². The fourth-order valence-corrected chi connectivity index (χ4v) is 7.32. The van der Waals surface area contributed by atoms with Crippen molar-refractivity contribution >= 4 is 87.2 Å². The molecule has 2 aliphatic heterocycles. The van der Waals surface area contributed by atoms with E-state index in [1.165, 1.54) is 12.7 Å². The number of nitrogens with one attached hydrogen (secondary N) is 2. The third-order valence-electron chi connectivity index (χ3n) is 10.5. The second-order valence-corrected chi connectivity index (χ2v) is 14.2. The van der Waals surface area contributed by atoms with Crippen LogP contribution in [-0.4, -0.2) is 45.6 Å². The van der Waals surface area contributed by atoms with Crippen LogP contribution in [0, 0.1) is 13.8 Å². The van der Waals surface area contributed by atoms with Crippen molar-refractivity contribution in [2.24, 2.45) is 0 Å². The average molecular weight is 765 g/mol. The van der Waals surface area contributed by atoms with E-state index in [1.54, 1.807) is 0 Å². The van der Waals surface area contributed by atoms with Crippen molar-refractivity contribution in [3.05, 3.63) is 136 Å². The number of esters is 2. The van der Waals surface area contributed by atoms with Crippen LogP contribution in [0.5, 0.6) is 0 Å². The molecule has 0 saturated heterocycles. The lowest BCUT2D eigenvalue weighted by atomic mass is 9.98. The summed E-state index contributed by atoms with van der Waals surface area (Å²) in [5, 5.41) is 0. The molecule has 56 heavy (non-hydrogen) atoms. The SMILES string of the molecule is C=Cc1c(C)c2cc3[nH]c(cc4nc(cc5nc(cc1[nH]2)C(C)=C5CCC(=O)OC)C(CCC(=O)OC/C=C/C=C/c1ccc(CS)cc1)=C4C)c(C)c3C=C. The van der Waals surface area contributed by atoms with Crippen LogP contribution < -0.4 is 0 Å². The summed E-state index contributed by atoms with van der Waals surface area (Å²) in [6.07, 6.45) is 12.6. The van der Waals surface area contributed by atoms with Gasteiger partial charge in [-0.1, -0.05) is 67.8 Å². The summed E-state index contributed by atoms with van der Waals surface area (Å²) in [5.41, 5.74) is 16.8. The highest BCUT2D eigenvalue weighted by molar-refractivity contribution is 7.79. The highest BCUT2D eigenvalue weighted by Gasteiger charge is 2.23. The fourth-order valence-electron chi connectivity index (χ4n) is 7.11.